The van der Waals surface area contributed by atoms with Crippen LogP contribution < -0.4 is 5.32 Å². The van der Waals surface area contributed by atoms with Crippen LogP contribution in [0.15, 0.2) is 30.3 Å². The van der Waals surface area contributed by atoms with Crippen LogP contribution in [0.4, 0.5) is 9.39 Å². The Morgan fingerprint density at radius 1 is 1.31 bits per heavy atom. The van der Waals surface area contributed by atoms with Gasteiger partial charge in [-0.2, -0.15) is 0 Å². The monoisotopic (exact) mass is 374 g/mol. The maximum atomic E-state index is 12.9. The van der Waals surface area contributed by atoms with Crippen LogP contribution >= 0.6 is 11.3 Å². The summed E-state index contributed by atoms with van der Waals surface area (Å²) in [7, 11) is 3.35. The molecule has 3 rings (SSSR count). The van der Waals surface area contributed by atoms with Crippen molar-refractivity contribution in [3.8, 4) is 0 Å². The Hall–Kier alpha value is -2.51. The smallest absolute Gasteiger partial charge is 0.341 e. The molecule has 26 heavy (non-hydrogen) atoms. The molecule has 0 aliphatic carbocycles. The van der Waals surface area contributed by atoms with Gasteiger partial charge in [0.2, 0.25) is 5.91 Å². The highest BCUT2D eigenvalue weighted by atomic mass is 32.1. The largest absolute Gasteiger partial charge is 0.465 e. The molecule has 0 saturated carbocycles. The van der Waals surface area contributed by atoms with Crippen molar-refractivity contribution in [3.05, 3.63) is 57.7 Å². The van der Waals surface area contributed by atoms with Crippen LogP contribution in [0.25, 0.3) is 6.08 Å². The van der Waals surface area contributed by atoms with Gasteiger partial charge in [0.15, 0.2) is 0 Å². The minimum Gasteiger partial charge on any atom is -0.465 e. The molecule has 0 saturated heterocycles. The predicted molar refractivity (Wildman–Crippen MR) is 99.8 cm³/mol. The van der Waals surface area contributed by atoms with Crippen molar-refractivity contribution in [2.45, 2.75) is 13.0 Å². The van der Waals surface area contributed by atoms with Gasteiger partial charge in [-0.3, -0.25) is 4.79 Å². The van der Waals surface area contributed by atoms with Gasteiger partial charge in [0.1, 0.15) is 10.8 Å². The second-order valence-electron chi connectivity index (χ2n) is 6.06. The van der Waals surface area contributed by atoms with E-state index in [1.807, 2.05) is 7.05 Å². The van der Waals surface area contributed by atoms with Crippen LogP contribution in [0.2, 0.25) is 0 Å². The number of amides is 1. The Labute approximate surface area is 155 Å². The number of esters is 1. The van der Waals surface area contributed by atoms with Crippen LogP contribution in [-0.4, -0.2) is 37.5 Å². The fraction of sp³-hybridized carbons (Fsp3) is 0.263. The molecule has 136 valence electrons. The van der Waals surface area contributed by atoms with Gasteiger partial charge in [0, 0.05) is 24.0 Å². The number of ether oxygens (including phenoxy) is 1. The number of hydrogen-bond acceptors (Lipinski definition) is 5. The molecule has 2 heterocycles. The molecule has 1 aliphatic heterocycles. The molecule has 1 N–H and O–H groups in total. The molecular weight excluding hydrogens is 355 g/mol. The number of thiophene rings is 1. The third-order valence-corrected chi connectivity index (χ3v) is 5.30. The predicted octanol–water partition coefficient (Wildman–Crippen LogP) is 3.31. The number of hydrogen-bond donors (Lipinski definition) is 1. The summed E-state index contributed by atoms with van der Waals surface area (Å²) in [6.45, 7) is 1.59. The third kappa shape index (κ3) is 4.00. The van der Waals surface area contributed by atoms with Crippen LogP contribution in [-0.2, 0) is 22.5 Å². The number of carbonyl (C=O) groups excluding carboxylic acids is 2. The number of fused-ring (bicyclic) bond motifs is 1. The molecule has 1 amide bonds. The van der Waals surface area contributed by atoms with Crippen molar-refractivity contribution in [2.75, 3.05) is 26.0 Å². The molecule has 1 aromatic heterocycles. The molecule has 0 bridgehead atoms. The first-order valence-corrected chi connectivity index (χ1v) is 8.95. The van der Waals surface area contributed by atoms with E-state index in [9.17, 15) is 14.0 Å². The van der Waals surface area contributed by atoms with Gasteiger partial charge in [0.25, 0.3) is 0 Å². The third-order valence-electron chi connectivity index (χ3n) is 4.17. The SMILES string of the molecule is COC(=O)c1c(NC(=O)/C=C/c2ccc(F)cc2)sc2c1CCN(C)C2. The number of anilines is 1. The first-order chi connectivity index (χ1) is 12.5. The van der Waals surface area contributed by atoms with Crippen LogP contribution in [0.5, 0.6) is 0 Å². The van der Waals surface area contributed by atoms with Crippen LogP contribution in [0.1, 0.15) is 26.4 Å². The summed E-state index contributed by atoms with van der Waals surface area (Å²) in [6, 6.07) is 5.82. The van der Waals surface area contributed by atoms with E-state index in [2.05, 4.69) is 10.2 Å². The van der Waals surface area contributed by atoms with Crippen molar-refractivity contribution in [1.82, 2.24) is 4.90 Å². The summed E-state index contributed by atoms with van der Waals surface area (Å²) >= 11 is 1.40. The quantitative estimate of drug-likeness (QED) is 0.659. The lowest BCUT2D eigenvalue weighted by Gasteiger charge is -2.22. The summed E-state index contributed by atoms with van der Waals surface area (Å²) in [6.07, 6.45) is 3.70. The molecule has 0 fully saturated rings. The molecule has 1 aromatic carbocycles. The average molecular weight is 374 g/mol. The second kappa shape index (κ2) is 7.80. The Balaban J connectivity index is 1.81. The summed E-state index contributed by atoms with van der Waals surface area (Å²) in [5.41, 5.74) is 2.11. The Morgan fingerprint density at radius 2 is 2.04 bits per heavy atom. The van der Waals surface area contributed by atoms with E-state index in [-0.39, 0.29) is 11.7 Å². The number of nitrogens with zero attached hydrogens (tertiary/aromatic N) is 1. The molecule has 1 aliphatic rings. The topological polar surface area (TPSA) is 58.6 Å². The lowest BCUT2D eigenvalue weighted by Crippen LogP contribution is -2.26. The molecule has 2 aromatic rings. The zero-order valence-electron chi connectivity index (χ0n) is 14.5. The highest BCUT2D eigenvalue weighted by Gasteiger charge is 2.28. The molecule has 0 atom stereocenters. The lowest BCUT2D eigenvalue weighted by molar-refractivity contribution is -0.111. The number of rotatable bonds is 4. The zero-order valence-corrected chi connectivity index (χ0v) is 15.4. The Bertz CT molecular complexity index is 858. The molecular formula is C19H19FN2O3S. The van der Waals surface area contributed by atoms with Crippen molar-refractivity contribution >= 4 is 34.3 Å². The van der Waals surface area contributed by atoms with Crippen LogP contribution in [0.3, 0.4) is 0 Å². The number of halogens is 1. The van der Waals surface area contributed by atoms with Gasteiger partial charge in [-0.25, -0.2) is 9.18 Å². The van der Waals surface area contributed by atoms with E-state index in [1.165, 1.54) is 36.7 Å². The van der Waals surface area contributed by atoms with Crippen LogP contribution in [0, 0.1) is 5.82 Å². The van der Waals surface area contributed by atoms with Gasteiger partial charge in [-0.1, -0.05) is 12.1 Å². The van der Waals surface area contributed by atoms with Gasteiger partial charge < -0.3 is 15.0 Å². The average Bonchev–Trinajstić information content (AvgIpc) is 2.97. The zero-order chi connectivity index (χ0) is 18.7. The minimum absolute atomic E-state index is 0.330. The number of nitrogens with one attached hydrogen (secondary N) is 1. The van der Waals surface area contributed by atoms with Crippen molar-refractivity contribution < 1.29 is 18.7 Å². The van der Waals surface area contributed by atoms with E-state index < -0.39 is 5.97 Å². The van der Waals surface area contributed by atoms with E-state index in [0.717, 1.165) is 30.0 Å². The maximum absolute atomic E-state index is 12.9. The van der Waals surface area contributed by atoms with Gasteiger partial charge in [-0.05, 0) is 42.8 Å². The number of carbonyl (C=O) groups is 2. The number of methoxy groups -OCH3 is 1. The van der Waals surface area contributed by atoms with E-state index in [4.69, 9.17) is 4.74 Å². The maximum Gasteiger partial charge on any atom is 0.341 e. The normalized spacial score (nSPS) is 14.3. The van der Waals surface area contributed by atoms with Gasteiger partial charge in [0.05, 0.1) is 12.7 Å². The van der Waals surface area contributed by atoms with E-state index in [1.54, 1.807) is 18.2 Å². The van der Waals surface area contributed by atoms with Crippen molar-refractivity contribution in [1.29, 1.82) is 0 Å². The summed E-state index contributed by atoms with van der Waals surface area (Å²) < 4.78 is 17.8. The fourth-order valence-corrected chi connectivity index (χ4v) is 4.16. The molecule has 7 heteroatoms. The Morgan fingerprint density at radius 3 is 2.73 bits per heavy atom. The summed E-state index contributed by atoms with van der Waals surface area (Å²) in [5.74, 6) is -1.13. The fourth-order valence-electron chi connectivity index (χ4n) is 2.84. The summed E-state index contributed by atoms with van der Waals surface area (Å²) in [5, 5.41) is 3.28. The first kappa shape index (κ1) is 18.3. The highest BCUT2D eigenvalue weighted by Crippen LogP contribution is 2.37. The lowest BCUT2D eigenvalue weighted by atomic mass is 10.0. The van der Waals surface area contributed by atoms with E-state index in [0.29, 0.717) is 16.1 Å². The second-order valence-corrected chi connectivity index (χ2v) is 7.17. The molecule has 0 spiro atoms. The minimum atomic E-state index is -0.440. The van der Waals surface area contributed by atoms with Gasteiger partial charge >= 0.3 is 5.97 Å². The highest BCUT2D eigenvalue weighted by molar-refractivity contribution is 7.17. The Kier molecular flexibility index (Phi) is 5.49. The number of likely N-dealkylation sites (N-methyl/N-ethyl adjacent to an activating group) is 1. The van der Waals surface area contributed by atoms with Crippen molar-refractivity contribution in [3.63, 3.8) is 0 Å². The molecule has 0 radical (unpaired) electrons. The first-order valence-electron chi connectivity index (χ1n) is 8.14. The summed E-state index contributed by atoms with van der Waals surface area (Å²) in [4.78, 5) is 27.7. The standard InChI is InChI=1S/C19H19FN2O3S/c1-22-10-9-14-15(11-22)26-18(17(14)19(24)25-2)21-16(23)8-5-12-3-6-13(20)7-4-12/h3-8H,9-11H2,1-2H3,(H,21,23)/b8-5+. The molecule has 0 unspecified atom stereocenters. The van der Waals surface area contributed by atoms with E-state index >= 15 is 0 Å². The van der Waals surface area contributed by atoms with Gasteiger partial charge in [-0.15, -0.1) is 11.3 Å². The number of benzene rings is 1. The molecule has 5 nitrogen and oxygen atoms in total. The van der Waals surface area contributed by atoms with Crippen molar-refractivity contribution in [2.24, 2.45) is 0 Å².